The third-order valence-corrected chi connectivity index (χ3v) is 6.66. The lowest BCUT2D eigenvalue weighted by atomic mass is 9.87. The molecule has 1 amide bonds. The summed E-state index contributed by atoms with van der Waals surface area (Å²) in [5.41, 5.74) is 3.29. The molecule has 0 fully saturated rings. The first-order valence-electron chi connectivity index (χ1n) is 8.44. The van der Waals surface area contributed by atoms with Crippen molar-refractivity contribution in [3.8, 4) is 0 Å². The van der Waals surface area contributed by atoms with E-state index >= 15 is 0 Å². The standard InChI is InChI=1S/C20H20BrN3OS2/c1-20(2,3)14-10-8-13(9-11-14)12-26-19-24-23-18(27-19)22-17(25)15-6-4-5-7-16(15)21/h4-11H,12H2,1-3H3,(H,22,23,25). The van der Waals surface area contributed by atoms with E-state index in [0.29, 0.717) is 10.7 Å². The van der Waals surface area contributed by atoms with Crippen LogP contribution in [0, 0.1) is 0 Å². The number of amides is 1. The number of carbonyl (C=O) groups excluding carboxylic acids is 1. The van der Waals surface area contributed by atoms with Crippen LogP contribution in [-0.2, 0) is 11.2 Å². The molecule has 0 atom stereocenters. The van der Waals surface area contributed by atoms with Crippen molar-refractivity contribution in [2.45, 2.75) is 36.3 Å². The van der Waals surface area contributed by atoms with Gasteiger partial charge in [0.05, 0.1) is 5.56 Å². The Morgan fingerprint density at radius 3 is 2.48 bits per heavy atom. The normalized spacial score (nSPS) is 11.4. The van der Waals surface area contributed by atoms with E-state index in [0.717, 1.165) is 14.6 Å². The molecule has 0 saturated heterocycles. The lowest BCUT2D eigenvalue weighted by Crippen LogP contribution is -2.12. The number of anilines is 1. The van der Waals surface area contributed by atoms with Crippen LogP contribution < -0.4 is 5.32 Å². The molecule has 0 saturated carbocycles. The summed E-state index contributed by atoms with van der Waals surface area (Å²) >= 11 is 6.39. The molecule has 1 N–H and O–H groups in total. The van der Waals surface area contributed by atoms with Gasteiger partial charge in [0.2, 0.25) is 5.13 Å². The summed E-state index contributed by atoms with van der Waals surface area (Å²) in [5, 5.41) is 11.5. The topological polar surface area (TPSA) is 54.9 Å². The fraction of sp³-hybridized carbons (Fsp3) is 0.250. The minimum atomic E-state index is -0.201. The molecule has 1 heterocycles. The second-order valence-electron chi connectivity index (χ2n) is 7.04. The number of hydrogen-bond donors (Lipinski definition) is 1. The predicted octanol–water partition coefficient (Wildman–Crippen LogP) is 6.14. The van der Waals surface area contributed by atoms with Gasteiger partial charge in [-0.3, -0.25) is 10.1 Å². The van der Waals surface area contributed by atoms with Crippen molar-refractivity contribution >= 4 is 50.1 Å². The maximum Gasteiger partial charge on any atom is 0.258 e. The molecule has 3 rings (SSSR count). The second-order valence-corrected chi connectivity index (χ2v) is 10.1. The highest BCUT2D eigenvalue weighted by Crippen LogP contribution is 2.30. The molecule has 2 aromatic carbocycles. The van der Waals surface area contributed by atoms with Crippen LogP contribution in [-0.4, -0.2) is 16.1 Å². The molecule has 3 aromatic rings. The van der Waals surface area contributed by atoms with Crippen LogP contribution >= 0.6 is 39.0 Å². The Bertz CT molecular complexity index is 933. The van der Waals surface area contributed by atoms with Crippen LogP contribution in [0.1, 0.15) is 42.3 Å². The van der Waals surface area contributed by atoms with Gasteiger partial charge in [0.25, 0.3) is 5.91 Å². The molecule has 27 heavy (non-hydrogen) atoms. The van der Waals surface area contributed by atoms with Crippen molar-refractivity contribution in [1.29, 1.82) is 0 Å². The number of thioether (sulfide) groups is 1. The van der Waals surface area contributed by atoms with Crippen LogP contribution in [0.2, 0.25) is 0 Å². The Hall–Kier alpha value is -1.70. The van der Waals surface area contributed by atoms with Gasteiger partial charge >= 0.3 is 0 Å². The van der Waals surface area contributed by atoms with Crippen molar-refractivity contribution in [2.75, 3.05) is 5.32 Å². The van der Waals surface area contributed by atoms with Gasteiger partial charge in [0.15, 0.2) is 4.34 Å². The lowest BCUT2D eigenvalue weighted by molar-refractivity contribution is 0.102. The first-order valence-corrected chi connectivity index (χ1v) is 11.0. The van der Waals surface area contributed by atoms with E-state index < -0.39 is 0 Å². The summed E-state index contributed by atoms with van der Waals surface area (Å²) in [6.45, 7) is 6.63. The second kappa shape index (κ2) is 8.54. The highest BCUT2D eigenvalue weighted by atomic mass is 79.9. The molecular weight excluding hydrogens is 442 g/mol. The Balaban J connectivity index is 1.58. The highest BCUT2D eigenvalue weighted by Gasteiger charge is 2.14. The van der Waals surface area contributed by atoms with Gasteiger partial charge in [-0.1, -0.05) is 80.3 Å². The van der Waals surface area contributed by atoms with E-state index in [4.69, 9.17) is 0 Å². The number of halogens is 1. The first kappa shape index (κ1) is 20.0. The fourth-order valence-corrected chi connectivity index (χ4v) is 4.54. The number of nitrogens with one attached hydrogen (secondary N) is 1. The van der Waals surface area contributed by atoms with Crippen LogP contribution in [0.25, 0.3) is 0 Å². The molecule has 0 spiro atoms. The average Bonchev–Trinajstić information content (AvgIpc) is 3.07. The minimum absolute atomic E-state index is 0.158. The van der Waals surface area contributed by atoms with Gasteiger partial charge < -0.3 is 0 Å². The smallest absolute Gasteiger partial charge is 0.258 e. The SMILES string of the molecule is CC(C)(C)c1ccc(CSc2nnc(NC(=O)c3ccccc3Br)s2)cc1. The summed E-state index contributed by atoms with van der Waals surface area (Å²) in [7, 11) is 0. The molecule has 7 heteroatoms. The molecule has 0 aliphatic carbocycles. The van der Waals surface area contributed by atoms with Crippen LogP contribution in [0.3, 0.4) is 0 Å². The molecule has 140 valence electrons. The number of aromatic nitrogens is 2. The number of benzene rings is 2. The van der Waals surface area contributed by atoms with Crippen molar-refractivity contribution in [1.82, 2.24) is 10.2 Å². The maximum atomic E-state index is 12.3. The Kier molecular flexibility index (Phi) is 6.34. The van der Waals surface area contributed by atoms with Crippen LogP contribution in [0.5, 0.6) is 0 Å². The molecule has 0 radical (unpaired) electrons. The van der Waals surface area contributed by atoms with Crippen molar-refractivity contribution in [3.63, 3.8) is 0 Å². The average molecular weight is 462 g/mol. The van der Waals surface area contributed by atoms with E-state index in [2.05, 4.69) is 76.5 Å². The van der Waals surface area contributed by atoms with Crippen LogP contribution in [0.4, 0.5) is 5.13 Å². The van der Waals surface area contributed by atoms with E-state index in [1.165, 1.54) is 22.5 Å². The highest BCUT2D eigenvalue weighted by molar-refractivity contribution is 9.10. The Morgan fingerprint density at radius 2 is 1.81 bits per heavy atom. The number of nitrogens with zero attached hydrogens (tertiary/aromatic N) is 2. The zero-order valence-corrected chi connectivity index (χ0v) is 18.5. The van der Waals surface area contributed by atoms with Crippen molar-refractivity contribution in [2.24, 2.45) is 0 Å². The van der Waals surface area contributed by atoms with Crippen molar-refractivity contribution in [3.05, 3.63) is 69.7 Å². The third-order valence-electron chi connectivity index (χ3n) is 3.93. The predicted molar refractivity (Wildman–Crippen MR) is 117 cm³/mol. The molecule has 0 aliphatic rings. The van der Waals surface area contributed by atoms with Gasteiger partial charge in [-0.05, 0) is 44.6 Å². The first-order chi connectivity index (χ1) is 12.8. The number of hydrogen-bond acceptors (Lipinski definition) is 5. The van der Waals surface area contributed by atoms with E-state index in [1.807, 2.05) is 18.2 Å². The van der Waals surface area contributed by atoms with Gasteiger partial charge in [0, 0.05) is 10.2 Å². The van der Waals surface area contributed by atoms with E-state index in [-0.39, 0.29) is 11.3 Å². The quantitative estimate of drug-likeness (QED) is 0.365. The molecule has 1 aromatic heterocycles. The molecule has 0 bridgehead atoms. The summed E-state index contributed by atoms with van der Waals surface area (Å²) in [6, 6.07) is 16.0. The fourth-order valence-electron chi connectivity index (χ4n) is 2.37. The van der Waals surface area contributed by atoms with E-state index in [1.54, 1.807) is 17.8 Å². The Morgan fingerprint density at radius 1 is 1.11 bits per heavy atom. The van der Waals surface area contributed by atoms with Crippen LogP contribution in [0.15, 0.2) is 57.3 Å². The lowest BCUT2D eigenvalue weighted by Gasteiger charge is -2.19. The molecule has 4 nitrogen and oxygen atoms in total. The molecule has 0 unspecified atom stereocenters. The number of carbonyl (C=O) groups is 1. The van der Waals surface area contributed by atoms with E-state index in [9.17, 15) is 4.79 Å². The van der Waals surface area contributed by atoms with Gasteiger partial charge in [-0.25, -0.2) is 0 Å². The molecule has 0 aliphatic heterocycles. The monoisotopic (exact) mass is 461 g/mol. The summed E-state index contributed by atoms with van der Waals surface area (Å²) in [4.78, 5) is 12.3. The minimum Gasteiger partial charge on any atom is -0.296 e. The van der Waals surface area contributed by atoms with Gasteiger partial charge in [-0.2, -0.15) is 0 Å². The van der Waals surface area contributed by atoms with Gasteiger partial charge in [0.1, 0.15) is 0 Å². The third kappa shape index (κ3) is 5.40. The largest absolute Gasteiger partial charge is 0.296 e. The zero-order valence-electron chi connectivity index (χ0n) is 15.3. The van der Waals surface area contributed by atoms with Gasteiger partial charge in [-0.15, -0.1) is 10.2 Å². The Labute approximate surface area is 175 Å². The maximum absolute atomic E-state index is 12.3. The summed E-state index contributed by atoms with van der Waals surface area (Å²) < 4.78 is 1.58. The molecular formula is C20H20BrN3OS2. The van der Waals surface area contributed by atoms with Crippen molar-refractivity contribution < 1.29 is 4.79 Å². The summed E-state index contributed by atoms with van der Waals surface area (Å²) in [5.74, 6) is 0.616. The zero-order chi connectivity index (χ0) is 19.4. The summed E-state index contributed by atoms with van der Waals surface area (Å²) in [6.07, 6.45) is 0. The number of rotatable bonds is 5.